The van der Waals surface area contributed by atoms with Gasteiger partial charge in [-0.2, -0.15) is 0 Å². The summed E-state index contributed by atoms with van der Waals surface area (Å²) in [6.45, 7) is 0. The Bertz CT molecular complexity index is 1010. The van der Waals surface area contributed by atoms with Crippen LogP contribution < -0.4 is 20.1 Å². The molecule has 2 aromatic carbocycles. The van der Waals surface area contributed by atoms with Crippen molar-refractivity contribution >= 4 is 41.5 Å². The monoisotopic (exact) mass is 400 g/mol. The van der Waals surface area contributed by atoms with E-state index in [4.69, 9.17) is 21.1 Å². The number of amides is 4. The maximum absolute atomic E-state index is 12.3. The third-order valence-electron chi connectivity index (χ3n) is 3.74. The van der Waals surface area contributed by atoms with Gasteiger partial charge in [0.05, 0.1) is 17.7 Å². The van der Waals surface area contributed by atoms with Crippen molar-refractivity contribution in [2.24, 2.45) is 0 Å². The lowest BCUT2D eigenvalue weighted by Crippen LogP contribution is -2.51. The second-order valence-electron chi connectivity index (χ2n) is 5.58. The van der Waals surface area contributed by atoms with Gasteiger partial charge in [0.25, 0.3) is 11.8 Å². The van der Waals surface area contributed by atoms with E-state index >= 15 is 0 Å². The molecule has 1 fully saturated rings. The van der Waals surface area contributed by atoms with Gasteiger partial charge in [-0.1, -0.05) is 29.8 Å². The number of barbiturate groups is 1. The summed E-state index contributed by atoms with van der Waals surface area (Å²) in [6.07, 6.45) is 1.28. The molecule has 0 aromatic heterocycles. The van der Waals surface area contributed by atoms with Gasteiger partial charge in [0, 0.05) is 0 Å². The molecule has 1 aliphatic heterocycles. The van der Waals surface area contributed by atoms with E-state index < -0.39 is 23.8 Å². The first kappa shape index (κ1) is 19.1. The molecule has 0 bridgehead atoms. The van der Waals surface area contributed by atoms with E-state index in [2.05, 4.69) is 0 Å². The van der Waals surface area contributed by atoms with Crippen LogP contribution in [0.5, 0.6) is 11.5 Å². The van der Waals surface area contributed by atoms with Gasteiger partial charge < -0.3 is 9.47 Å². The average molecular weight is 401 g/mol. The normalized spacial score (nSPS) is 13.5. The van der Waals surface area contributed by atoms with Crippen LogP contribution in [0.1, 0.15) is 15.9 Å². The van der Waals surface area contributed by atoms with Crippen molar-refractivity contribution in [3.8, 4) is 11.5 Å². The molecule has 0 aliphatic carbocycles. The van der Waals surface area contributed by atoms with Crippen molar-refractivity contribution in [3.05, 3.63) is 64.2 Å². The molecule has 8 nitrogen and oxygen atoms in total. The van der Waals surface area contributed by atoms with Crippen LogP contribution in [0.2, 0.25) is 5.02 Å². The minimum absolute atomic E-state index is 0.127. The van der Waals surface area contributed by atoms with E-state index in [1.54, 1.807) is 18.2 Å². The highest BCUT2D eigenvalue weighted by molar-refractivity contribution is 6.33. The number of esters is 1. The van der Waals surface area contributed by atoms with Gasteiger partial charge in [-0.25, -0.2) is 9.59 Å². The number of imide groups is 2. The lowest BCUT2D eigenvalue weighted by molar-refractivity contribution is -0.123. The van der Waals surface area contributed by atoms with Crippen LogP contribution in [0.3, 0.4) is 0 Å². The zero-order valence-corrected chi connectivity index (χ0v) is 15.2. The molecular formula is C19H13ClN2O6. The minimum atomic E-state index is -0.883. The smallest absolute Gasteiger partial charge is 0.345 e. The van der Waals surface area contributed by atoms with Gasteiger partial charge in [0.1, 0.15) is 5.57 Å². The van der Waals surface area contributed by atoms with Crippen LogP contribution >= 0.6 is 11.6 Å². The Morgan fingerprint density at radius 1 is 1.00 bits per heavy atom. The number of benzene rings is 2. The third kappa shape index (κ3) is 4.02. The van der Waals surface area contributed by atoms with E-state index in [1.807, 2.05) is 10.6 Å². The predicted octanol–water partition coefficient (Wildman–Crippen LogP) is 2.32. The molecule has 0 saturated carbocycles. The van der Waals surface area contributed by atoms with Crippen molar-refractivity contribution in [2.75, 3.05) is 7.11 Å². The van der Waals surface area contributed by atoms with Crippen LogP contribution in [0, 0.1) is 0 Å². The van der Waals surface area contributed by atoms with Crippen molar-refractivity contribution in [3.63, 3.8) is 0 Å². The zero-order chi connectivity index (χ0) is 20.3. The highest BCUT2D eigenvalue weighted by Gasteiger charge is 2.27. The number of rotatable bonds is 4. The Hall–Kier alpha value is -3.65. The highest BCUT2D eigenvalue weighted by atomic mass is 35.5. The molecule has 0 spiro atoms. The number of urea groups is 1. The Labute approximate surface area is 164 Å². The molecule has 1 heterocycles. The fourth-order valence-electron chi connectivity index (χ4n) is 2.41. The summed E-state index contributed by atoms with van der Waals surface area (Å²) in [7, 11) is 1.37. The Balaban J connectivity index is 1.87. The van der Waals surface area contributed by atoms with Gasteiger partial charge >= 0.3 is 12.0 Å². The van der Waals surface area contributed by atoms with Crippen molar-refractivity contribution < 1.29 is 28.7 Å². The van der Waals surface area contributed by atoms with E-state index in [1.165, 1.54) is 37.5 Å². The van der Waals surface area contributed by atoms with Gasteiger partial charge in [0.2, 0.25) is 0 Å². The summed E-state index contributed by atoms with van der Waals surface area (Å²) in [5.74, 6) is -1.98. The largest absolute Gasteiger partial charge is 0.493 e. The first-order valence-corrected chi connectivity index (χ1v) is 8.30. The summed E-state index contributed by atoms with van der Waals surface area (Å²) in [4.78, 5) is 47.0. The first-order chi connectivity index (χ1) is 13.4. The Kier molecular flexibility index (Phi) is 5.42. The lowest BCUT2D eigenvalue weighted by Gasteiger charge is -2.14. The maximum atomic E-state index is 12.3. The second kappa shape index (κ2) is 7.93. The van der Waals surface area contributed by atoms with Crippen LogP contribution in [-0.4, -0.2) is 30.9 Å². The number of hydrogen-bond acceptors (Lipinski definition) is 6. The number of carbonyl (C=O) groups excluding carboxylic acids is 4. The Morgan fingerprint density at radius 2 is 1.68 bits per heavy atom. The van der Waals surface area contributed by atoms with Crippen LogP contribution in [0.25, 0.3) is 6.08 Å². The van der Waals surface area contributed by atoms with Crippen molar-refractivity contribution in [2.45, 2.75) is 0 Å². The van der Waals surface area contributed by atoms with E-state index in [0.29, 0.717) is 5.56 Å². The summed E-state index contributed by atoms with van der Waals surface area (Å²) in [6, 6.07) is 9.98. The van der Waals surface area contributed by atoms with E-state index in [-0.39, 0.29) is 27.7 Å². The highest BCUT2D eigenvalue weighted by Crippen LogP contribution is 2.30. The maximum Gasteiger partial charge on any atom is 0.345 e. The molecule has 2 N–H and O–H groups in total. The summed E-state index contributed by atoms with van der Waals surface area (Å²) in [5.41, 5.74) is 0.365. The molecular weight excluding hydrogens is 388 g/mol. The number of halogens is 1. The molecule has 3 rings (SSSR count). The molecule has 142 valence electrons. The van der Waals surface area contributed by atoms with Crippen molar-refractivity contribution in [1.29, 1.82) is 0 Å². The molecule has 28 heavy (non-hydrogen) atoms. The quantitative estimate of drug-likeness (QED) is 0.352. The molecule has 2 aromatic rings. The van der Waals surface area contributed by atoms with Gasteiger partial charge in [-0.05, 0) is 35.9 Å². The Morgan fingerprint density at radius 3 is 2.32 bits per heavy atom. The molecule has 0 atom stereocenters. The van der Waals surface area contributed by atoms with E-state index in [0.717, 1.165) is 0 Å². The number of nitrogens with one attached hydrogen (secondary N) is 2. The number of carbonyl (C=O) groups is 4. The fourth-order valence-corrected chi connectivity index (χ4v) is 2.63. The number of ether oxygens (including phenoxy) is 2. The number of hydrogen-bond donors (Lipinski definition) is 2. The molecule has 0 radical (unpaired) electrons. The third-order valence-corrected chi connectivity index (χ3v) is 4.07. The summed E-state index contributed by atoms with van der Waals surface area (Å²) < 4.78 is 10.6. The molecule has 1 saturated heterocycles. The summed E-state index contributed by atoms with van der Waals surface area (Å²) >= 11 is 5.99. The topological polar surface area (TPSA) is 111 Å². The molecule has 4 amide bonds. The molecule has 0 unspecified atom stereocenters. The molecule has 9 heteroatoms. The van der Waals surface area contributed by atoms with E-state index in [9.17, 15) is 19.2 Å². The predicted molar refractivity (Wildman–Crippen MR) is 99.1 cm³/mol. The fraction of sp³-hybridized carbons (Fsp3) is 0.0526. The standard InChI is InChI=1S/C19H13ClN2O6/c1-27-15-9-10(8-12-16(23)21-19(26)22-17(12)24)6-7-14(15)28-18(25)11-4-2-3-5-13(11)20/h2-9H,1H3,(H2,21,22,23,24,26). The van der Waals surface area contributed by atoms with Gasteiger partial charge in [-0.15, -0.1) is 0 Å². The SMILES string of the molecule is COc1cc(C=C2C(=O)NC(=O)NC2=O)ccc1OC(=O)c1ccccc1Cl. The lowest BCUT2D eigenvalue weighted by atomic mass is 10.1. The number of methoxy groups -OCH3 is 1. The van der Waals surface area contributed by atoms with Crippen LogP contribution in [0.15, 0.2) is 48.0 Å². The zero-order valence-electron chi connectivity index (χ0n) is 14.4. The minimum Gasteiger partial charge on any atom is -0.493 e. The van der Waals surface area contributed by atoms with Crippen LogP contribution in [0.4, 0.5) is 4.79 Å². The first-order valence-electron chi connectivity index (χ1n) is 7.92. The van der Waals surface area contributed by atoms with Gasteiger partial charge in [0.15, 0.2) is 11.5 Å². The molecule has 1 aliphatic rings. The average Bonchev–Trinajstić information content (AvgIpc) is 2.65. The second-order valence-corrected chi connectivity index (χ2v) is 5.98. The van der Waals surface area contributed by atoms with Crippen LogP contribution in [-0.2, 0) is 9.59 Å². The van der Waals surface area contributed by atoms with Gasteiger partial charge in [-0.3, -0.25) is 20.2 Å². The summed E-state index contributed by atoms with van der Waals surface area (Å²) in [5, 5.41) is 4.20. The van der Waals surface area contributed by atoms with Crippen molar-refractivity contribution in [1.82, 2.24) is 10.6 Å².